The van der Waals surface area contributed by atoms with Crippen LogP contribution in [0.1, 0.15) is 36.6 Å². The maximum atomic E-state index is 13.9. The van der Waals surface area contributed by atoms with Gasteiger partial charge in [-0.15, -0.1) is 0 Å². The van der Waals surface area contributed by atoms with E-state index >= 15 is 0 Å². The number of anilines is 1. The van der Waals surface area contributed by atoms with Crippen LogP contribution in [0.3, 0.4) is 0 Å². The number of hydrogen-bond donors (Lipinski definition) is 0. The van der Waals surface area contributed by atoms with Crippen molar-refractivity contribution in [3.8, 4) is 0 Å². The van der Waals surface area contributed by atoms with Crippen LogP contribution in [0.5, 0.6) is 0 Å². The van der Waals surface area contributed by atoms with E-state index in [0.29, 0.717) is 30.2 Å². The predicted octanol–water partition coefficient (Wildman–Crippen LogP) is 2.49. The minimum absolute atomic E-state index is 0.322. The van der Waals surface area contributed by atoms with Crippen LogP contribution in [0.4, 0.5) is 14.6 Å². The zero-order chi connectivity index (χ0) is 17.0. The molecule has 2 atom stereocenters. The summed E-state index contributed by atoms with van der Waals surface area (Å²) < 4.78 is 26.9. The molecule has 2 aromatic heterocycles. The number of aromatic nitrogens is 3. The van der Waals surface area contributed by atoms with Crippen LogP contribution in [-0.4, -0.2) is 45.0 Å². The average Bonchev–Trinajstić information content (AvgIpc) is 3.46. The van der Waals surface area contributed by atoms with Gasteiger partial charge in [0.25, 0.3) is 0 Å². The number of pyridine rings is 1. The number of halogens is 2. The van der Waals surface area contributed by atoms with E-state index in [4.69, 9.17) is 0 Å². The van der Waals surface area contributed by atoms with Gasteiger partial charge in [0.1, 0.15) is 23.8 Å². The summed E-state index contributed by atoms with van der Waals surface area (Å²) in [4.78, 5) is 17.3. The highest BCUT2D eigenvalue weighted by Gasteiger charge is 2.45. The van der Waals surface area contributed by atoms with Gasteiger partial charge in [-0.2, -0.15) is 0 Å². The Morgan fingerprint density at radius 2 is 1.84 bits per heavy atom. The Hall–Kier alpha value is -2.15. The number of rotatable bonds is 4. The molecule has 2 bridgehead atoms. The first-order valence-corrected chi connectivity index (χ1v) is 8.80. The van der Waals surface area contributed by atoms with Crippen LogP contribution < -0.4 is 4.90 Å². The molecule has 0 spiro atoms. The monoisotopic (exact) mass is 343 g/mol. The van der Waals surface area contributed by atoms with E-state index in [9.17, 15) is 8.78 Å². The van der Waals surface area contributed by atoms with Crippen molar-refractivity contribution in [3.05, 3.63) is 47.7 Å². The van der Waals surface area contributed by atoms with Crippen molar-refractivity contribution in [3.63, 3.8) is 0 Å². The van der Waals surface area contributed by atoms with Crippen LogP contribution in [0.25, 0.3) is 0 Å². The van der Waals surface area contributed by atoms with E-state index in [0.717, 1.165) is 43.3 Å². The van der Waals surface area contributed by atoms with Gasteiger partial charge in [0, 0.05) is 55.5 Å². The van der Waals surface area contributed by atoms with Gasteiger partial charge < -0.3 is 4.90 Å². The van der Waals surface area contributed by atoms with Gasteiger partial charge in [-0.05, 0) is 19.3 Å². The Morgan fingerprint density at radius 3 is 2.56 bits per heavy atom. The number of nitrogens with zero attached hydrogens (tertiary/aromatic N) is 5. The summed E-state index contributed by atoms with van der Waals surface area (Å²) in [7, 11) is 0. The lowest BCUT2D eigenvalue weighted by atomic mass is 9.87. The van der Waals surface area contributed by atoms with Crippen molar-refractivity contribution < 1.29 is 8.78 Å². The molecule has 3 saturated heterocycles. The predicted molar refractivity (Wildman–Crippen MR) is 88.1 cm³/mol. The lowest BCUT2D eigenvalue weighted by Gasteiger charge is -2.56. The van der Waals surface area contributed by atoms with Crippen molar-refractivity contribution in [2.75, 3.05) is 18.0 Å². The molecule has 2 unspecified atom stereocenters. The van der Waals surface area contributed by atoms with Gasteiger partial charge in [0.15, 0.2) is 0 Å². The van der Waals surface area contributed by atoms with Crippen LogP contribution in [0.15, 0.2) is 24.7 Å². The first-order chi connectivity index (χ1) is 12.2. The molecule has 1 saturated carbocycles. The van der Waals surface area contributed by atoms with Gasteiger partial charge in [-0.1, -0.05) is 0 Å². The van der Waals surface area contributed by atoms with E-state index in [2.05, 4.69) is 30.8 Å². The van der Waals surface area contributed by atoms with Crippen LogP contribution >= 0.6 is 0 Å². The van der Waals surface area contributed by atoms with Crippen LogP contribution in [0, 0.1) is 11.6 Å². The molecular formula is C18H19F2N5. The fraction of sp³-hybridized carbons (Fsp3) is 0.500. The van der Waals surface area contributed by atoms with Crippen molar-refractivity contribution in [2.45, 2.75) is 43.8 Å². The molecule has 0 radical (unpaired) electrons. The minimum Gasteiger partial charge on any atom is -0.353 e. The maximum Gasteiger partial charge on any atom is 0.148 e. The zero-order valence-electron chi connectivity index (χ0n) is 13.8. The average molecular weight is 343 g/mol. The van der Waals surface area contributed by atoms with Gasteiger partial charge in [-0.3, -0.25) is 9.88 Å². The molecule has 0 amide bonds. The van der Waals surface area contributed by atoms with Gasteiger partial charge >= 0.3 is 0 Å². The molecule has 1 aliphatic carbocycles. The molecule has 0 N–H and O–H groups in total. The minimum atomic E-state index is -0.633. The Bertz CT molecular complexity index is 798. The summed E-state index contributed by atoms with van der Waals surface area (Å²) in [5.74, 6) is 0.417. The second kappa shape index (κ2) is 5.69. The highest BCUT2D eigenvalue weighted by molar-refractivity contribution is 5.43. The van der Waals surface area contributed by atoms with Crippen LogP contribution in [-0.2, 0) is 6.54 Å². The summed E-state index contributed by atoms with van der Waals surface area (Å²) in [6, 6.07) is 3.76. The van der Waals surface area contributed by atoms with Gasteiger partial charge in [-0.25, -0.2) is 18.7 Å². The van der Waals surface area contributed by atoms with Gasteiger partial charge in [0.2, 0.25) is 0 Å². The molecule has 25 heavy (non-hydrogen) atoms. The van der Waals surface area contributed by atoms with E-state index in [1.165, 1.54) is 12.8 Å². The molecule has 0 aromatic carbocycles. The van der Waals surface area contributed by atoms with E-state index in [-0.39, 0.29) is 0 Å². The highest BCUT2D eigenvalue weighted by atomic mass is 19.1. The first kappa shape index (κ1) is 15.1. The quantitative estimate of drug-likeness (QED) is 0.853. The summed E-state index contributed by atoms with van der Waals surface area (Å²) >= 11 is 0. The van der Waals surface area contributed by atoms with Crippen LogP contribution in [0.2, 0.25) is 0 Å². The van der Waals surface area contributed by atoms with Crippen molar-refractivity contribution >= 4 is 5.82 Å². The highest BCUT2D eigenvalue weighted by Crippen LogP contribution is 2.40. The summed E-state index contributed by atoms with van der Waals surface area (Å²) in [6.45, 7) is 2.19. The largest absolute Gasteiger partial charge is 0.353 e. The number of piperazine rings is 1. The topological polar surface area (TPSA) is 45.2 Å². The van der Waals surface area contributed by atoms with Crippen molar-refractivity contribution in [1.82, 2.24) is 19.9 Å². The fourth-order valence-corrected chi connectivity index (χ4v) is 4.00. The molecular weight excluding hydrogens is 324 g/mol. The molecule has 130 valence electrons. The van der Waals surface area contributed by atoms with E-state index < -0.39 is 11.6 Å². The van der Waals surface area contributed by atoms with Crippen molar-refractivity contribution in [1.29, 1.82) is 0 Å². The standard InChI is InChI=1S/C18H19F2N5/c19-12-3-15(20)17(21-6-12)9-25-13-4-14(25)8-24(7-13)18-5-16(11-1-2-11)22-10-23-18/h3,5-6,10-11,13-14H,1-2,4,7-9H2. The molecule has 7 heteroatoms. The summed E-state index contributed by atoms with van der Waals surface area (Å²) in [5, 5.41) is 0. The SMILES string of the molecule is Fc1cnc(CN2C3CC2CN(c2cc(C4CC4)ncn2)C3)c(F)c1. The summed E-state index contributed by atoms with van der Waals surface area (Å²) in [6.07, 6.45) is 6.32. The smallest absolute Gasteiger partial charge is 0.148 e. The number of fused-ring (bicyclic) bond motifs is 2. The summed E-state index contributed by atoms with van der Waals surface area (Å²) in [5.41, 5.74) is 1.47. The molecule has 3 aliphatic heterocycles. The molecule has 6 rings (SSSR count). The third-order valence-electron chi connectivity index (χ3n) is 5.55. The normalized spacial score (nSPS) is 25.8. The second-order valence-corrected chi connectivity index (χ2v) is 7.28. The molecule has 4 fully saturated rings. The Balaban J connectivity index is 1.28. The second-order valence-electron chi connectivity index (χ2n) is 7.28. The third kappa shape index (κ3) is 2.76. The Labute approximate surface area is 144 Å². The molecule has 2 aromatic rings. The van der Waals surface area contributed by atoms with E-state index in [1.54, 1.807) is 6.33 Å². The van der Waals surface area contributed by atoms with E-state index in [1.807, 2.05) is 0 Å². The fourth-order valence-electron chi connectivity index (χ4n) is 4.00. The Kier molecular flexibility index (Phi) is 3.45. The zero-order valence-corrected chi connectivity index (χ0v) is 13.8. The molecule has 5 nitrogen and oxygen atoms in total. The Morgan fingerprint density at radius 1 is 1.04 bits per heavy atom. The van der Waals surface area contributed by atoms with Crippen molar-refractivity contribution in [2.24, 2.45) is 0 Å². The number of hydrogen-bond acceptors (Lipinski definition) is 5. The van der Waals surface area contributed by atoms with Gasteiger partial charge in [0.05, 0.1) is 11.9 Å². The lowest BCUT2D eigenvalue weighted by molar-refractivity contribution is -0.0106. The number of piperidine rings is 1. The molecule has 4 aliphatic rings. The lowest BCUT2D eigenvalue weighted by Crippen LogP contribution is -2.68. The third-order valence-corrected chi connectivity index (χ3v) is 5.55. The first-order valence-electron chi connectivity index (χ1n) is 8.80. The molecule has 5 heterocycles. The maximum absolute atomic E-state index is 13.9.